The van der Waals surface area contributed by atoms with Crippen LogP contribution in [0.1, 0.15) is 11.1 Å². The summed E-state index contributed by atoms with van der Waals surface area (Å²) in [6.07, 6.45) is 2.23. The van der Waals surface area contributed by atoms with Gasteiger partial charge in [0.2, 0.25) is 0 Å². The zero-order chi connectivity index (χ0) is 17.4. The van der Waals surface area contributed by atoms with E-state index in [0.717, 1.165) is 22.6 Å². The van der Waals surface area contributed by atoms with Crippen molar-refractivity contribution >= 4 is 6.08 Å². The highest BCUT2D eigenvalue weighted by Crippen LogP contribution is 2.22. The molecule has 1 unspecified atom stereocenters. The predicted molar refractivity (Wildman–Crippen MR) is 92.4 cm³/mol. The van der Waals surface area contributed by atoms with E-state index in [0.29, 0.717) is 12.0 Å². The molecule has 0 spiro atoms. The van der Waals surface area contributed by atoms with Crippen LogP contribution in [-0.4, -0.2) is 14.2 Å². The minimum Gasteiger partial charge on any atom is -0.497 e. The van der Waals surface area contributed by atoms with Gasteiger partial charge in [-0.3, -0.25) is 0 Å². The van der Waals surface area contributed by atoms with Crippen LogP contribution in [0.25, 0.3) is 6.08 Å². The van der Waals surface area contributed by atoms with E-state index in [1.165, 1.54) is 0 Å². The van der Waals surface area contributed by atoms with Crippen LogP contribution >= 0.6 is 0 Å². The molecular weight excluding hydrogens is 300 g/mol. The molecule has 0 radical (unpaired) electrons. The fourth-order valence-electron chi connectivity index (χ4n) is 2.31. The lowest BCUT2D eigenvalue weighted by atomic mass is 9.92. The van der Waals surface area contributed by atoms with Gasteiger partial charge in [-0.15, -0.1) is 0 Å². The van der Waals surface area contributed by atoms with Crippen LogP contribution < -0.4 is 9.47 Å². The molecule has 4 nitrogen and oxygen atoms in total. The first-order valence-corrected chi connectivity index (χ1v) is 7.48. The summed E-state index contributed by atoms with van der Waals surface area (Å²) in [5, 5.41) is 18.9. The summed E-state index contributed by atoms with van der Waals surface area (Å²) in [5.41, 5.74) is 2.29. The van der Waals surface area contributed by atoms with Crippen LogP contribution in [0.5, 0.6) is 11.5 Å². The first kappa shape index (κ1) is 17.1. The van der Waals surface area contributed by atoms with E-state index in [2.05, 4.69) is 12.1 Å². The third-order valence-corrected chi connectivity index (χ3v) is 3.70. The molecule has 1 atom stereocenters. The zero-order valence-corrected chi connectivity index (χ0v) is 13.7. The predicted octanol–water partition coefficient (Wildman–Crippen LogP) is 3.99. The highest BCUT2D eigenvalue weighted by molar-refractivity contribution is 5.59. The summed E-state index contributed by atoms with van der Waals surface area (Å²) in [6, 6.07) is 19.3. The molecule has 0 saturated carbocycles. The highest BCUT2D eigenvalue weighted by atomic mass is 16.5. The summed E-state index contributed by atoms with van der Waals surface area (Å²) in [5.74, 6) is 1.02. The van der Waals surface area contributed by atoms with Crippen molar-refractivity contribution in [2.45, 2.75) is 6.42 Å². The van der Waals surface area contributed by atoms with E-state index in [-0.39, 0.29) is 0 Å². The van der Waals surface area contributed by atoms with Crippen molar-refractivity contribution in [1.29, 1.82) is 10.5 Å². The van der Waals surface area contributed by atoms with Gasteiger partial charge in [0.15, 0.2) is 0 Å². The van der Waals surface area contributed by atoms with Crippen molar-refractivity contribution < 1.29 is 9.47 Å². The second-order valence-electron chi connectivity index (χ2n) is 5.22. The maximum atomic E-state index is 9.46. The monoisotopic (exact) mass is 318 g/mol. The van der Waals surface area contributed by atoms with E-state index in [1.807, 2.05) is 48.5 Å². The summed E-state index contributed by atoms with van der Waals surface area (Å²) in [7, 11) is 3.21. The van der Waals surface area contributed by atoms with Gasteiger partial charge in [0.1, 0.15) is 11.5 Å². The zero-order valence-electron chi connectivity index (χ0n) is 13.7. The molecule has 0 aromatic heterocycles. The lowest BCUT2D eigenvalue weighted by Crippen LogP contribution is -2.04. The minimum absolute atomic E-state index is 0.443. The van der Waals surface area contributed by atoms with Crippen LogP contribution in [0.2, 0.25) is 0 Å². The van der Waals surface area contributed by atoms with Gasteiger partial charge in [-0.2, -0.15) is 10.5 Å². The number of nitriles is 2. The molecule has 0 aliphatic rings. The second-order valence-corrected chi connectivity index (χ2v) is 5.22. The van der Waals surface area contributed by atoms with Crippen LogP contribution in [0.4, 0.5) is 0 Å². The van der Waals surface area contributed by atoms with Gasteiger partial charge >= 0.3 is 0 Å². The first-order chi connectivity index (χ1) is 11.7. The van der Waals surface area contributed by atoms with E-state index < -0.39 is 5.92 Å². The number of rotatable bonds is 6. The van der Waals surface area contributed by atoms with E-state index in [4.69, 9.17) is 9.47 Å². The second kappa shape index (κ2) is 8.41. The quantitative estimate of drug-likeness (QED) is 0.755. The molecule has 2 rings (SSSR count). The maximum Gasteiger partial charge on any atom is 0.118 e. The maximum absolute atomic E-state index is 9.46. The van der Waals surface area contributed by atoms with Crippen LogP contribution in [0.15, 0.2) is 54.1 Å². The van der Waals surface area contributed by atoms with Crippen molar-refractivity contribution in [3.8, 4) is 23.6 Å². The molecule has 120 valence electrons. The smallest absolute Gasteiger partial charge is 0.118 e. The van der Waals surface area contributed by atoms with Gasteiger partial charge in [-0.05, 0) is 47.9 Å². The topological polar surface area (TPSA) is 66.0 Å². The average molecular weight is 318 g/mol. The molecule has 0 amide bonds. The normalized spacial score (nSPS) is 11.9. The van der Waals surface area contributed by atoms with Gasteiger partial charge < -0.3 is 9.47 Å². The van der Waals surface area contributed by atoms with E-state index in [1.54, 1.807) is 20.3 Å². The van der Waals surface area contributed by atoms with Gasteiger partial charge in [0.05, 0.1) is 32.3 Å². The Bertz CT molecular complexity index is 778. The number of hydrogen-bond acceptors (Lipinski definition) is 4. The Kier molecular flexibility index (Phi) is 6.00. The number of methoxy groups -OCH3 is 2. The average Bonchev–Trinajstić information content (AvgIpc) is 2.65. The fraction of sp³-hybridized carbons (Fsp3) is 0.200. The summed E-state index contributed by atoms with van der Waals surface area (Å²) in [6.45, 7) is 0. The first-order valence-electron chi connectivity index (χ1n) is 7.48. The van der Waals surface area contributed by atoms with Gasteiger partial charge in [-0.1, -0.05) is 24.3 Å². The summed E-state index contributed by atoms with van der Waals surface area (Å²) >= 11 is 0. The van der Waals surface area contributed by atoms with Gasteiger partial charge in [-0.25, -0.2) is 0 Å². The van der Waals surface area contributed by atoms with Crippen molar-refractivity contribution in [3.05, 3.63) is 65.2 Å². The van der Waals surface area contributed by atoms with Crippen molar-refractivity contribution in [3.63, 3.8) is 0 Å². The van der Waals surface area contributed by atoms with E-state index in [9.17, 15) is 10.5 Å². The standard InChI is InChI=1S/C20H18N2O2/c1-23-19-7-3-15(4-8-19)11-17(13-21)18(14-22)12-16-5-9-20(24-2)10-6-16/h3-11,18H,12H2,1-2H3/b17-11+. The Morgan fingerprint density at radius 1 is 0.958 bits per heavy atom. The third-order valence-electron chi connectivity index (χ3n) is 3.70. The molecule has 0 aliphatic heterocycles. The molecule has 24 heavy (non-hydrogen) atoms. The van der Waals surface area contributed by atoms with Crippen molar-refractivity contribution in [2.75, 3.05) is 14.2 Å². The van der Waals surface area contributed by atoms with Gasteiger partial charge in [0, 0.05) is 5.57 Å². The number of ether oxygens (including phenoxy) is 2. The highest BCUT2D eigenvalue weighted by Gasteiger charge is 2.14. The molecule has 0 fully saturated rings. The molecule has 0 aliphatic carbocycles. The molecule has 0 N–H and O–H groups in total. The Labute approximate surface area is 142 Å². The number of benzene rings is 2. The lowest BCUT2D eigenvalue weighted by Gasteiger charge is -2.09. The Morgan fingerprint density at radius 3 is 1.96 bits per heavy atom. The van der Waals surface area contributed by atoms with E-state index >= 15 is 0 Å². The number of nitrogens with zero attached hydrogens (tertiary/aromatic N) is 2. The van der Waals surface area contributed by atoms with Crippen molar-refractivity contribution in [2.24, 2.45) is 5.92 Å². The molecule has 4 heteroatoms. The van der Waals surface area contributed by atoms with Crippen LogP contribution in [0.3, 0.4) is 0 Å². The minimum atomic E-state index is -0.495. The van der Waals surface area contributed by atoms with Crippen molar-refractivity contribution in [1.82, 2.24) is 0 Å². The fourth-order valence-corrected chi connectivity index (χ4v) is 2.31. The Balaban J connectivity index is 2.20. The van der Waals surface area contributed by atoms with Gasteiger partial charge in [0.25, 0.3) is 0 Å². The summed E-state index contributed by atoms with van der Waals surface area (Å²) < 4.78 is 10.2. The van der Waals surface area contributed by atoms with Crippen LogP contribution in [-0.2, 0) is 6.42 Å². The molecule has 0 saturated heterocycles. The van der Waals surface area contributed by atoms with Crippen LogP contribution in [0, 0.1) is 28.6 Å². The summed E-state index contributed by atoms with van der Waals surface area (Å²) in [4.78, 5) is 0. The Morgan fingerprint density at radius 2 is 1.50 bits per heavy atom. The molecule has 2 aromatic rings. The number of hydrogen-bond donors (Lipinski definition) is 0. The Hall–Kier alpha value is -3.24. The molecule has 2 aromatic carbocycles. The number of allylic oxidation sites excluding steroid dienone is 1. The largest absolute Gasteiger partial charge is 0.497 e. The molecule has 0 heterocycles. The SMILES string of the molecule is COc1ccc(/C=C(\C#N)C(C#N)Cc2ccc(OC)cc2)cc1. The molecule has 0 bridgehead atoms. The third kappa shape index (κ3) is 4.38. The molecular formula is C20H18N2O2. The lowest BCUT2D eigenvalue weighted by molar-refractivity contribution is 0.414.